The van der Waals surface area contributed by atoms with E-state index in [4.69, 9.17) is 0 Å². The minimum absolute atomic E-state index is 0.240. The van der Waals surface area contributed by atoms with Gasteiger partial charge in [-0.3, -0.25) is 0 Å². The van der Waals surface area contributed by atoms with Crippen molar-refractivity contribution in [2.75, 3.05) is 13.1 Å². The number of amides is 4. The number of unbranched alkanes of at least 4 members (excludes halogenated alkanes) is 1. The van der Waals surface area contributed by atoms with Gasteiger partial charge in [0.05, 0.1) is 0 Å². The Kier molecular flexibility index (Phi) is 6.18. The van der Waals surface area contributed by atoms with E-state index in [-0.39, 0.29) is 13.0 Å². The van der Waals surface area contributed by atoms with Crippen LogP contribution in [0.25, 0.3) is 0 Å². The van der Waals surface area contributed by atoms with Crippen LogP contribution in [0.4, 0.5) is 27.6 Å². The van der Waals surface area contributed by atoms with Gasteiger partial charge in [-0.15, -0.1) is 0 Å². The van der Waals surface area contributed by atoms with Crippen molar-refractivity contribution in [3.8, 4) is 0 Å². The fourth-order valence-corrected chi connectivity index (χ4v) is 10.0. The molecule has 23 heavy (non-hydrogen) atoms. The average Bonchev–Trinajstić information content (AvgIpc) is 2.42. The summed E-state index contributed by atoms with van der Waals surface area (Å²) in [6.07, 6.45) is 1.87. The third-order valence-electron chi connectivity index (χ3n) is 2.71. The van der Waals surface area contributed by atoms with E-state index < -0.39 is 51.4 Å². The summed E-state index contributed by atoms with van der Waals surface area (Å²) in [7, 11) is -5.94. The Morgan fingerprint density at radius 1 is 1.17 bits per heavy atom. The second-order valence-electron chi connectivity index (χ2n) is 4.33. The Morgan fingerprint density at radius 3 is 2.13 bits per heavy atom. The molecule has 0 spiro atoms. The molecular formula is C11H14F3IN2O5S. The van der Waals surface area contributed by atoms with Crippen LogP contribution in [-0.4, -0.2) is 50.7 Å². The SMILES string of the molecule is C=CCN1C(=O)N(CCCC)C(=O)I(S(=O)(=O)C(F)(F)F)C1=O. The van der Waals surface area contributed by atoms with E-state index >= 15 is 0 Å². The van der Waals surface area contributed by atoms with Gasteiger partial charge in [-0.25, -0.2) is 0 Å². The first-order valence-corrected chi connectivity index (χ1v) is 12.5. The van der Waals surface area contributed by atoms with Crippen LogP contribution in [0.15, 0.2) is 12.7 Å². The van der Waals surface area contributed by atoms with Crippen molar-refractivity contribution in [2.45, 2.75) is 25.3 Å². The van der Waals surface area contributed by atoms with E-state index in [0.29, 0.717) is 16.2 Å². The van der Waals surface area contributed by atoms with Crippen LogP contribution in [0.3, 0.4) is 0 Å². The van der Waals surface area contributed by atoms with Crippen LogP contribution < -0.4 is 0 Å². The van der Waals surface area contributed by atoms with E-state index in [0.717, 1.165) is 6.08 Å². The number of halogens is 4. The van der Waals surface area contributed by atoms with Crippen LogP contribution in [0.1, 0.15) is 19.8 Å². The molecule has 1 aliphatic heterocycles. The predicted molar refractivity (Wildman–Crippen MR) is 83.7 cm³/mol. The molecule has 0 aliphatic carbocycles. The maximum atomic E-state index is 12.8. The standard InChI is InChI=1S/C11H14F3IN2O5S/c1-3-5-7-17-9(19)15(23(21,22)11(12,13)14)8(18)16(6-4-2)10(17)20/h4H,2-3,5-7H2,1H3. The predicted octanol–water partition coefficient (Wildman–Crippen LogP) is 3.31. The summed E-state index contributed by atoms with van der Waals surface area (Å²) in [5, 5.41) is 0. The number of rotatable bonds is 6. The van der Waals surface area contributed by atoms with Crippen molar-refractivity contribution in [2.24, 2.45) is 0 Å². The number of alkyl halides is 3. The van der Waals surface area contributed by atoms with Crippen molar-refractivity contribution >= 4 is 39.3 Å². The van der Waals surface area contributed by atoms with Crippen molar-refractivity contribution in [3.05, 3.63) is 12.7 Å². The summed E-state index contributed by atoms with van der Waals surface area (Å²) in [4.78, 5) is 37.0. The summed E-state index contributed by atoms with van der Waals surface area (Å²) >= 11 is -4.94. The molecule has 1 fully saturated rings. The van der Waals surface area contributed by atoms with Crippen LogP contribution in [0.5, 0.6) is 0 Å². The molecule has 0 aromatic rings. The van der Waals surface area contributed by atoms with Crippen molar-refractivity contribution in [1.82, 2.24) is 9.80 Å². The number of hydrogen-bond donors (Lipinski definition) is 0. The van der Waals surface area contributed by atoms with Gasteiger partial charge in [-0.2, -0.15) is 0 Å². The Labute approximate surface area is 136 Å². The van der Waals surface area contributed by atoms with Gasteiger partial charge in [0.1, 0.15) is 0 Å². The molecule has 0 unspecified atom stereocenters. The Bertz CT molecular complexity index is 634. The number of carbonyl (C=O) groups excluding carboxylic acids is 3. The molecule has 0 aromatic carbocycles. The van der Waals surface area contributed by atoms with Gasteiger partial charge in [0.25, 0.3) is 0 Å². The summed E-state index contributed by atoms with van der Waals surface area (Å²) < 4.78 is 58.4. The second-order valence-corrected chi connectivity index (χ2v) is 14.5. The fraction of sp³-hybridized carbons (Fsp3) is 0.545. The molecule has 4 amide bonds. The second kappa shape index (κ2) is 7.15. The average molecular weight is 470 g/mol. The Balaban J connectivity index is 3.38. The van der Waals surface area contributed by atoms with Gasteiger partial charge in [0, 0.05) is 0 Å². The number of imide groups is 2. The quantitative estimate of drug-likeness (QED) is 0.257. The molecule has 0 radical (unpaired) electrons. The number of hydrogen-bond acceptors (Lipinski definition) is 5. The van der Waals surface area contributed by atoms with Gasteiger partial charge in [-0.05, 0) is 0 Å². The zero-order chi connectivity index (χ0) is 18.0. The number of urea groups is 1. The molecule has 132 valence electrons. The molecule has 0 aromatic heterocycles. The summed E-state index contributed by atoms with van der Waals surface area (Å²) in [5.41, 5.74) is -5.72. The normalized spacial score (nSPS) is 18.6. The van der Waals surface area contributed by atoms with Crippen LogP contribution in [0.2, 0.25) is 0 Å². The molecular weight excluding hydrogens is 456 g/mol. The monoisotopic (exact) mass is 470 g/mol. The van der Waals surface area contributed by atoms with Gasteiger partial charge in [0.15, 0.2) is 0 Å². The zero-order valence-corrected chi connectivity index (χ0v) is 14.9. The molecule has 1 saturated heterocycles. The minimum atomic E-state index is -5.94. The van der Waals surface area contributed by atoms with Crippen LogP contribution in [0, 0.1) is 0 Å². The molecule has 0 bridgehead atoms. The van der Waals surface area contributed by atoms with E-state index in [2.05, 4.69) is 6.58 Å². The molecule has 1 heterocycles. The first-order valence-electron chi connectivity index (χ1n) is 6.30. The molecule has 0 N–H and O–H groups in total. The van der Waals surface area contributed by atoms with Crippen molar-refractivity contribution < 1.29 is 36.0 Å². The number of carbonyl (C=O) groups is 3. The maximum absolute atomic E-state index is 12.8. The molecule has 0 saturated carbocycles. The first-order chi connectivity index (χ1) is 10.5. The van der Waals surface area contributed by atoms with Gasteiger partial charge < -0.3 is 0 Å². The van der Waals surface area contributed by atoms with Crippen molar-refractivity contribution in [3.63, 3.8) is 0 Å². The first kappa shape index (κ1) is 19.9. The van der Waals surface area contributed by atoms with Gasteiger partial charge in [-0.1, -0.05) is 0 Å². The summed E-state index contributed by atoms with van der Waals surface area (Å²) in [6, 6.07) is -1.11. The summed E-state index contributed by atoms with van der Waals surface area (Å²) in [5.74, 6) is 0. The fourth-order valence-electron chi connectivity index (χ4n) is 1.59. The third-order valence-corrected chi connectivity index (χ3v) is 13.3. The van der Waals surface area contributed by atoms with E-state index in [1.165, 1.54) is 0 Å². The van der Waals surface area contributed by atoms with Crippen molar-refractivity contribution in [1.29, 1.82) is 0 Å². The Morgan fingerprint density at radius 2 is 1.70 bits per heavy atom. The molecule has 12 heteroatoms. The molecule has 1 aliphatic rings. The number of nitrogens with zero attached hydrogens (tertiary/aromatic N) is 2. The Hall–Kier alpha value is -1.18. The molecule has 7 nitrogen and oxygen atoms in total. The van der Waals surface area contributed by atoms with E-state index in [1.54, 1.807) is 6.92 Å². The summed E-state index contributed by atoms with van der Waals surface area (Å²) in [6.45, 7) is 4.28. The molecule has 0 atom stereocenters. The van der Waals surface area contributed by atoms with Crippen LogP contribution >= 0.6 is 18.4 Å². The van der Waals surface area contributed by atoms with E-state index in [1.807, 2.05) is 0 Å². The topological polar surface area (TPSA) is 91.8 Å². The van der Waals surface area contributed by atoms with Gasteiger partial charge >= 0.3 is 136 Å². The molecule has 1 rings (SSSR count). The van der Waals surface area contributed by atoms with Gasteiger partial charge in [0.2, 0.25) is 0 Å². The van der Waals surface area contributed by atoms with E-state index in [9.17, 15) is 36.0 Å². The third kappa shape index (κ3) is 3.67. The van der Waals surface area contributed by atoms with Crippen LogP contribution in [-0.2, 0) is 7.01 Å². The zero-order valence-electron chi connectivity index (χ0n) is 12.0.